The lowest BCUT2D eigenvalue weighted by molar-refractivity contribution is -0.252. The second-order valence-corrected chi connectivity index (χ2v) is 11.9. The van der Waals surface area contributed by atoms with Crippen molar-refractivity contribution < 1.29 is 44.3 Å². The second kappa shape index (κ2) is 12.5. The summed E-state index contributed by atoms with van der Waals surface area (Å²) >= 11 is 0. The molecule has 2 fully saturated rings. The molecule has 1 aromatic carbocycles. The normalized spacial score (nSPS) is 27.7. The highest BCUT2D eigenvalue weighted by molar-refractivity contribution is 6.26. The van der Waals surface area contributed by atoms with Gasteiger partial charge in [0.2, 0.25) is 5.78 Å². The van der Waals surface area contributed by atoms with Crippen molar-refractivity contribution in [2.24, 2.45) is 23.7 Å². The van der Waals surface area contributed by atoms with Crippen LogP contribution in [0.15, 0.2) is 41.6 Å². The summed E-state index contributed by atoms with van der Waals surface area (Å²) in [7, 11) is 0. The third-order valence-electron chi connectivity index (χ3n) is 9.01. The van der Waals surface area contributed by atoms with Crippen molar-refractivity contribution in [3.63, 3.8) is 0 Å². The Bertz CT molecular complexity index is 1350. The lowest BCUT2D eigenvalue weighted by Gasteiger charge is -2.41. The van der Waals surface area contributed by atoms with Gasteiger partial charge >= 0.3 is 0 Å². The fraction of sp³-hybridized carbons (Fsp3) is 0.531. The molecule has 9 atom stereocenters. The van der Waals surface area contributed by atoms with E-state index >= 15 is 0 Å². The Morgan fingerprint density at radius 2 is 1.79 bits per heavy atom. The number of allylic oxidation sites excluding steroid dienone is 4. The number of carbonyl (C=O) groups is 3. The van der Waals surface area contributed by atoms with Gasteiger partial charge < -0.3 is 35.2 Å². The van der Waals surface area contributed by atoms with Crippen LogP contribution in [0.25, 0.3) is 0 Å². The molecule has 228 valence electrons. The predicted molar refractivity (Wildman–Crippen MR) is 154 cm³/mol. The number of benzene rings is 1. The fourth-order valence-corrected chi connectivity index (χ4v) is 6.05. The topological polar surface area (TPSA) is 163 Å². The summed E-state index contributed by atoms with van der Waals surface area (Å²) in [6.07, 6.45) is 5.70. The van der Waals surface area contributed by atoms with Gasteiger partial charge in [0, 0.05) is 52.9 Å². The fourth-order valence-electron chi connectivity index (χ4n) is 6.05. The Hall–Kier alpha value is -3.31. The van der Waals surface area contributed by atoms with Crippen LogP contribution >= 0.6 is 0 Å². The SMILES string of the molecule is C/C(=C/C=C/[C@H](C)[C@H](O)[C@@H](C)[C@@H](O)[C@@H](C)[C@@H]1O[C@H]2CC[C@@H](O2)[C@@H]1C)C(=O)NC1=CC(=O)c2cc(O)c(C)c(O)c2C1=O. The molecule has 0 spiro atoms. The molecule has 5 N–H and O–H groups in total. The summed E-state index contributed by atoms with van der Waals surface area (Å²) in [5, 5.41) is 44.8. The number of nitrogens with one attached hydrogen (secondary N) is 1. The minimum atomic E-state index is -0.861. The van der Waals surface area contributed by atoms with Crippen molar-refractivity contribution in [3.8, 4) is 11.5 Å². The maximum atomic E-state index is 12.9. The van der Waals surface area contributed by atoms with Gasteiger partial charge in [0.15, 0.2) is 12.1 Å². The number of hydrogen-bond acceptors (Lipinski definition) is 9. The van der Waals surface area contributed by atoms with Gasteiger partial charge in [0.25, 0.3) is 5.91 Å². The van der Waals surface area contributed by atoms with Crippen molar-refractivity contribution >= 4 is 17.5 Å². The van der Waals surface area contributed by atoms with Gasteiger partial charge in [-0.1, -0.05) is 45.9 Å². The molecule has 2 aliphatic heterocycles. The maximum Gasteiger partial charge on any atom is 0.251 e. The average Bonchev–Trinajstić information content (AvgIpc) is 3.37. The summed E-state index contributed by atoms with van der Waals surface area (Å²) < 4.78 is 11.9. The van der Waals surface area contributed by atoms with Crippen LogP contribution in [-0.2, 0) is 14.3 Å². The standard InChI is InChI=1S/C32H41NO9/c1-14(27(36)18(5)28(37)19(6)31-17(4)24-10-11-25(41-24)42-31)8-7-9-15(2)32(40)33-21-13-23(35)20-12-22(34)16(3)29(38)26(20)30(21)39/h7-9,12-14,17-19,24-25,27-28,31,34,36-38H,10-11H2,1-6H3,(H,33,40)/b8-7+,15-9-/t14-,17-,18+,19+,24+,25-,27-,28+,31+/m0/s1. The Balaban J connectivity index is 1.35. The molecule has 10 heteroatoms. The van der Waals surface area contributed by atoms with Crippen molar-refractivity contribution in [3.05, 3.63) is 58.3 Å². The van der Waals surface area contributed by atoms with Crippen LogP contribution in [0.5, 0.6) is 11.5 Å². The van der Waals surface area contributed by atoms with Crippen LogP contribution in [0.2, 0.25) is 0 Å². The number of amides is 1. The van der Waals surface area contributed by atoms with E-state index in [1.807, 2.05) is 13.8 Å². The minimum Gasteiger partial charge on any atom is -0.508 e. The monoisotopic (exact) mass is 583 g/mol. The second-order valence-electron chi connectivity index (χ2n) is 11.9. The zero-order valence-corrected chi connectivity index (χ0v) is 24.8. The summed E-state index contributed by atoms with van der Waals surface area (Å²) in [4.78, 5) is 38.2. The average molecular weight is 584 g/mol. The van der Waals surface area contributed by atoms with Crippen LogP contribution in [-0.4, -0.2) is 68.6 Å². The van der Waals surface area contributed by atoms with E-state index in [-0.39, 0.29) is 70.0 Å². The van der Waals surface area contributed by atoms with Crippen LogP contribution in [0.3, 0.4) is 0 Å². The Kier molecular flexibility index (Phi) is 9.42. The third-order valence-corrected chi connectivity index (χ3v) is 9.01. The largest absolute Gasteiger partial charge is 0.508 e. The lowest BCUT2D eigenvalue weighted by atomic mass is 9.78. The van der Waals surface area contributed by atoms with Gasteiger partial charge in [-0.05, 0) is 26.3 Å². The van der Waals surface area contributed by atoms with Crippen molar-refractivity contribution in [2.75, 3.05) is 0 Å². The number of phenols is 2. The molecule has 0 aromatic heterocycles. The van der Waals surface area contributed by atoms with E-state index in [0.717, 1.165) is 25.0 Å². The molecule has 0 radical (unpaired) electrons. The number of ketones is 2. The van der Waals surface area contributed by atoms with Crippen molar-refractivity contribution in [1.82, 2.24) is 5.32 Å². The molecule has 1 aliphatic carbocycles. The minimum absolute atomic E-state index is 0.0506. The third kappa shape index (κ3) is 6.08. The van der Waals surface area contributed by atoms with Crippen LogP contribution < -0.4 is 5.32 Å². The van der Waals surface area contributed by atoms with Crippen molar-refractivity contribution in [2.45, 2.75) is 85.1 Å². The number of phenolic OH excluding ortho intramolecular Hbond substituents is 2. The van der Waals surface area contributed by atoms with E-state index in [0.29, 0.717) is 0 Å². The Morgan fingerprint density at radius 1 is 1.10 bits per heavy atom. The number of aromatic hydroxyl groups is 2. The first-order valence-electron chi connectivity index (χ1n) is 14.4. The van der Waals surface area contributed by atoms with Crippen molar-refractivity contribution in [1.29, 1.82) is 0 Å². The molecule has 2 bridgehead atoms. The molecular formula is C32H41NO9. The number of fused-ring (bicyclic) bond motifs is 3. The van der Waals surface area contributed by atoms with E-state index in [1.54, 1.807) is 19.1 Å². The first kappa shape index (κ1) is 31.6. The zero-order chi connectivity index (χ0) is 31.0. The zero-order valence-electron chi connectivity index (χ0n) is 24.8. The van der Waals surface area contributed by atoms with E-state index in [4.69, 9.17) is 9.47 Å². The van der Waals surface area contributed by atoms with Gasteiger partial charge in [-0.3, -0.25) is 14.4 Å². The first-order chi connectivity index (χ1) is 19.7. The molecule has 42 heavy (non-hydrogen) atoms. The number of Topliss-reactive ketones (excluding diaryl/α,β-unsaturated/α-hetero) is 1. The number of ether oxygens (including phenoxy) is 2. The van der Waals surface area contributed by atoms with E-state index in [2.05, 4.69) is 12.2 Å². The highest BCUT2D eigenvalue weighted by Crippen LogP contribution is 2.40. The van der Waals surface area contributed by atoms with E-state index < -0.39 is 41.3 Å². The van der Waals surface area contributed by atoms with Gasteiger partial charge in [0.05, 0.1) is 35.7 Å². The molecule has 1 aromatic rings. The molecule has 2 heterocycles. The highest BCUT2D eigenvalue weighted by Gasteiger charge is 2.46. The molecule has 0 unspecified atom stereocenters. The molecule has 3 aliphatic rings. The smallest absolute Gasteiger partial charge is 0.251 e. The summed E-state index contributed by atoms with van der Waals surface area (Å²) in [6.45, 7) is 10.6. The molecule has 1 amide bonds. The van der Waals surface area contributed by atoms with Gasteiger partial charge in [-0.2, -0.15) is 0 Å². The number of hydrogen-bond donors (Lipinski definition) is 5. The number of aliphatic hydroxyl groups is 2. The predicted octanol–water partition coefficient (Wildman–Crippen LogP) is 3.46. The van der Waals surface area contributed by atoms with E-state index in [9.17, 15) is 34.8 Å². The summed E-state index contributed by atoms with van der Waals surface area (Å²) in [5.74, 6) is -3.69. The molecule has 2 saturated heterocycles. The molecule has 10 nitrogen and oxygen atoms in total. The molecule has 4 rings (SSSR count). The van der Waals surface area contributed by atoms with Crippen LogP contribution in [0.4, 0.5) is 0 Å². The quantitative estimate of drug-likeness (QED) is 0.216. The highest BCUT2D eigenvalue weighted by atomic mass is 16.7. The summed E-state index contributed by atoms with van der Waals surface area (Å²) in [6, 6.07) is 1.12. The van der Waals surface area contributed by atoms with E-state index in [1.165, 1.54) is 19.9 Å². The number of rotatable bonds is 9. The number of aliphatic hydroxyl groups excluding tert-OH is 2. The van der Waals surface area contributed by atoms with Crippen LogP contribution in [0.1, 0.15) is 73.7 Å². The maximum absolute atomic E-state index is 12.9. The Morgan fingerprint density at radius 3 is 2.48 bits per heavy atom. The molecular weight excluding hydrogens is 542 g/mol. The lowest BCUT2D eigenvalue weighted by Crippen LogP contribution is -2.49. The first-order valence-corrected chi connectivity index (χ1v) is 14.4. The number of carbonyl (C=O) groups excluding carboxylic acids is 3. The van der Waals surface area contributed by atoms with Gasteiger partial charge in [0.1, 0.15) is 11.5 Å². The Labute approximate surface area is 245 Å². The summed E-state index contributed by atoms with van der Waals surface area (Å²) in [5.41, 5.74) is -0.418. The van der Waals surface area contributed by atoms with Crippen LogP contribution in [0, 0.1) is 30.6 Å². The van der Waals surface area contributed by atoms with Gasteiger partial charge in [-0.15, -0.1) is 0 Å². The van der Waals surface area contributed by atoms with Gasteiger partial charge in [-0.25, -0.2) is 0 Å². The molecule has 0 saturated carbocycles.